The molecular formula is C30H39N3O3S. The molecule has 0 unspecified atom stereocenters. The van der Waals surface area contributed by atoms with Crippen molar-refractivity contribution in [2.45, 2.75) is 83.4 Å². The molecule has 0 atom stereocenters. The summed E-state index contributed by atoms with van der Waals surface area (Å²) in [5, 5.41) is 12.5. The average molecular weight is 522 g/mol. The Labute approximate surface area is 224 Å². The molecular weight excluding hydrogens is 482 g/mol. The summed E-state index contributed by atoms with van der Waals surface area (Å²) in [6, 6.07) is 15.7. The quantitative estimate of drug-likeness (QED) is 0.253. The van der Waals surface area contributed by atoms with Crippen LogP contribution in [0.5, 0.6) is 0 Å². The predicted octanol–water partition coefficient (Wildman–Crippen LogP) is 7.63. The Morgan fingerprint density at radius 1 is 1.03 bits per heavy atom. The number of rotatable bonds is 11. The zero-order chi connectivity index (χ0) is 27.3. The van der Waals surface area contributed by atoms with Gasteiger partial charge in [-0.1, -0.05) is 52.0 Å². The van der Waals surface area contributed by atoms with Crippen LogP contribution in [0, 0.1) is 12.8 Å². The first kappa shape index (κ1) is 28.5. The molecule has 37 heavy (non-hydrogen) atoms. The Hall–Kier alpha value is -3.06. The highest BCUT2D eigenvalue weighted by Crippen LogP contribution is 2.34. The smallest absolute Gasteiger partial charge is 0.319 e. The summed E-state index contributed by atoms with van der Waals surface area (Å²) >= 11 is 1.31. The van der Waals surface area contributed by atoms with Crippen LogP contribution in [0.2, 0.25) is 0 Å². The summed E-state index contributed by atoms with van der Waals surface area (Å²) in [4.78, 5) is 30.4. The van der Waals surface area contributed by atoms with Crippen molar-refractivity contribution in [3.8, 4) is 11.4 Å². The van der Waals surface area contributed by atoms with Gasteiger partial charge in [0.25, 0.3) is 5.91 Å². The fourth-order valence-corrected chi connectivity index (χ4v) is 5.00. The number of benzene rings is 2. The molecule has 0 saturated heterocycles. The summed E-state index contributed by atoms with van der Waals surface area (Å²) in [6.45, 7) is 14.8. The number of carboxylic acid groups (broad SMARTS) is 1. The Morgan fingerprint density at radius 3 is 2.19 bits per heavy atom. The van der Waals surface area contributed by atoms with E-state index in [0.29, 0.717) is 17.5 Å². The van der Waals surface area contributed by atoms with E-state index in [4.69, 9.17) is 4.98 Å². The second-order valence-electron chi connectivity index (χ2n) is 10.7. The fraction of sp³-hybridized carbons (Fsp3) is 0.433. The van der Waals surface area contributed by atoms with Gasteiger partial charge in [-0.05, 0) is 75.3 Å². The molecule has 0 aliphatic heterocycles. The van der Waals surface area contributed by atoms with E-state index < -0.39 is 10.7 Å². The van der Waals surface area contributed by atoms with Gasteiger partial charge in [0.15, 0.2) is 0 Å². The molecule has 198 valence electrons. The number of carbonyl (C=O) groups excluding carboxylic acids is 1. The van der Waals surface area contributed by atoms with Gasteiger partial charge in [0.2, 0.25) is 0 Å². The van der Waals surface area contributed by atoms with Crippen LogP contribution in [0.25, 0.3) is 11.4 Å². The number of amides is 1. The van der Waals surface area contributed by atoms with Crippen molar-refractivity contribution < 1.29 is 14.7 Å². The van der Waals surface area contributed by atoms with Gasteiger partial charge in [-0.2, -0.15) is 0 Å². The summed E-state index contributed by atoms with van der Waals surface area (Å²) in [5.41, 5.74) is 4.11. The molecule has 0 radical (unpaired) electrons. The third kappa shape index (κ3) is 7.25. The van der Waals surface area contributed by atoms with E-state index in [2.05, 4.69) is 37.6 Å². The number of aliphatic carboxylic acids is 1. The number of hydrogen-bond donors (Lipinski definition) is 2. The maximum absolute atomic E-state index is 13.3. The Bertz CT molecular complexity index is 1230. The first-order chi connectivity index (χ1) is 17.4. The van der Waals surface area contributed by atoms with Crippen LogP contribution in [0.1, 0.15) is 82.0 Å². The minimum atomic E-state index is -0.925. The minimum absolute atomic E-state index is 0.228. The number of carbonyl (C=O) groups is 2. The minimum Gasteiger partial charge on any atom is -0.480 e. The van der Waals surface area contributed by atoms with E-state index in [0.717, 1.165) is 47.1 Å². The number of thioether (sulfide) groups is 1. The lowest BCUT2D eigenvalue weighted by atomic mass is 10.0. The van der Waals surface area contributed by atoms with Gasteiger partial charge in [0, 0.05) is 28.4 Å². The Morgan fingerprint density at radius 2 is 1.65 bits per heavy atom. The van der Waals surface area contributed by atoms with Crippen LogP contribution < -0.4 is 5.32 Å². The normalized spacial score (nSPS) is 11.8. The summed E-state index contributed by atoms with van der Waals surface area (Å²) in [5.74, 6) is 0.686. The number of anilines is 1. The van der Waals surface area contributed by atoms with Gasteiger partial charge in [-0.25, -0.2) is 4.98 Å². The van der Waals surface area contributed by atoms with Crippen LogP contribution in [-0.2, 0) is 11.3 Å². The number of nitrogens with one attached hydrogen (secondary N) is 1. The lowest BCUT2D eigenvalue weighted by Crippen LogP contribution is -2.26. The van der Waals surface area contributed by atoms with Crippen molar-refractivity contribution in [1.82, 2.24) is 9.55 Å². The highest BCUT2D eigenvalue weighted by molar-refractivity contribution is 8.01. The van der Waals surface area contributed by atoms with Crippen LogP contribution in [-0.4, -0.2) is 31.3 Å². The zero-order valence-electron chi connectivity index (χ0n) is 23.0. The number of imidazole rings is 1. The lowest BCUT2D eigenvalue weighted by molar-refractivity contribution is -0.138. The molecule has 0 aliphatic rings. The molecule has 0 aliphatic carbocycles. The highest BCUT2D eigenvalue weighted by Gasteiger charge is 2.28. The van der Waals surface area contributed by atoms with E-state index in [1.165, 1.54) is 17.3 Å². The molecule has 1 heterocycles. The molecule has 0 bridgehead atoms. The SMILES string of the molecule is Cc1c(C(=O)Nc2ccc(C(C)C)cc2)nc(-c2ccc(SC(C)(C)C(=O)O)cc2)n1CCCC(C)C. The van der Waals surface area contributed by atoms with Crippen molar-refractivity contribution in [3.05, 3.63) is 65.5 Å². The molecule has 6 nitrogen and oxygen atoms in total. The molecule has 0 spiro atoms. The first-order valence-corrected chi connectivity index (χ1v) is 13.7. The summed E-state index contributed by atoms with van der Waals surface area (Å²) in [7, 11) is 0. The fourth-order valence-electron chi connectivity index (χ4n) is 4.05. The van der Waals surface area contributed by atoms with Gasteiger partial charge in [-0.3, -0.25) is 9.59 Å². The number of carboxylic acids is 1. The van der Waals surface area contributed by atoms with E-state index in [1.54, 1.807) is 13.8 Å². The van der Waals surface area contributed by atoms with E-state index in [1.807, 2.05) is 55.5 Å². The second-order valence-corrected chi connectivity index (χ2v) is 12.4. The van der Waals surface area contributed by atoms with Gasteiger partial charge >= 0.3 is 5.97 Å². The number of nitrogens with zero attached hydrogens (tertiary/aromatic N) is 2. The molecule has 3 rings (SSSR count). The molecule has 7 heteroatoms. The van der Waals surface area contributed by atoms with Crippen LogP contribution >= 0.6 is 11.8 Å². The molecule has 1 amide bonds. The number of hydrogen-bond acceptors (Lipinski definition) is 4. The molecule has 2 N–H and O–H groups in total. The van der Waals surface area contributed by atoms with Gasteiger partial charge in [0.05, 0.1) is 0 Å². The zero-order valence-corrected chi connectivity index (χ0v) is 23.8. The topological polar surface area (TPSA) is 84.2 Å². The van der Waals surface area contributed by atoms with Gasteiger partial charge < -0.3 is 15.0 Å². The Balaban J connectivity index is 1.90. The van der Waals surface area contributed by atoms with E-state index in [9.17, 15) is 14.7 Å². The standard InChI is InChI=1S/C30H39N3O3S/c1-19(2)9-8-18-33-21(5)26(28(34)31-24-14-10-22(11-15-24)20(3)4)32-27(33)23-12-16-25(17-13-23)37-30(6,7)29(35)36/h10-17,19-20H,8-9,18H2,1-7H3,(H,31,34)(H,35,36). The van der Waals surface area contributed by atoms with Crippen molar-refractivity contribution in [1.29, 1.82) is 0 Å². The lowest BCUT2D eigenvalue weighted by Gasteiger charge is -2.18. The van der Waals surface area contributed by atoms with Crippen molar-refractivity contribution in [2.75, 3.05) is 5.32 Å². The second kappa shape index (κ2) is 12.0. The third-order valence-corrected chi connectivity index (χ3v) is 7.63. The van der Waals surface area contributed by atoms with Crippen LogP contribution in [0.3, 0.4) is 0 Å². The van der Waals surface area contributed by atoms with Gasteiger partial charge in [0.1, 0.15) is 16.3 Å². The highest BCUT2D eigenvalue weighted by atomic mass is 32.2. The largest absolute Gasteiger partial charge is 0.480 e. The third-order valence-electron chi connectivity index (χ3n) is 6.44. The van der Waals surface area contributed by atoms with E-state index >= 15 is 0 Å². The maximum atomic E-state index is 13.3. The van der Waals surface area contributed by atoms with Crippen molar-refractivity contribution in [3.63, 3.8) is 0 Å². The summed E-state index contributed by atoms with van der Waals surface area (Å²) < 4.78 is 1.20. The average Bonchev–Trinajstić information content (AvgIpc) is 3.15. The van der Waals surface area contributed by atoms with Crippen LogP contribution in [0.4, 0.5) is 5.69 Å². The Kier molecular flexibility index (Phi) is 9.24. The molecule has 1 aromatic heterocycles. The van der Waals surface area contributed by atoms with Crippen LogP contribution in [0.15, 0.2) is 53.4 Å². The predicted molar refractivity (Wildman–Crippen MR) is 153 cm³/mol. The molecule has 0 saturated carbocycles. The van der Waals surface area contributed by atoms with Crippen molar-refractivity contribution in [2.24, 2.45) is 5.92 Å². The molecule has 3 aromatic rings. The molecule has 0 fully saturated rings. The van der Waals surface area contributed by atoms with Crippen molar-refractivity contribution >= 4 is 29.3 Å². The number of aromatic nitrogens is 2. The summed E-state index contributed by atoms with van der Waals surface area (Å²) in [6.07, 6.45) is 2.07. The monoisotopic (exact) mass is 521 g/mol. The maximum Gasteiger partial charge on any atom is 0.319 e. The van der Waals surface area contributed by atoms with Gasteiger partial charge in [-0.15, -0.1) is 11.8 Å². The first-order valence-electron chi connectivity index (χ1n) is 12.9. The van der Waals surface area contributed by atoms with E-state index in [-0.39, 0.29) is 5.91 Å². The molecule has 2 aromatic carbocycles.